The highest BCUT2D eigenvalue weighted by molar-refractivity contribution is 6.04. The second-order valence-corrected chi connectivity index (χ2v) is 3.41. The largest absolute Gasteiger partial charge is 0.494 e. The van der Waals surface area contributed by atoms with Crippen molar-refractivity contribution in [2.75, 3.05) is 6.61 Å². The number of carbonyl (C=O) groups excluding carboxylic acids is 1. The van der Waals surface area contributed by atoms with Crippen LogP contribution in [0.25, 0.3) is 0 Å². The monoisotopic (exact) mass is 219 g/mol. The Kier molecular flexibility index (Phi) is 2.76. The first kappa shape index (κ1) is 10.5. The average Bonchev–Trinajstić information content (AvgIpc) is 2.59. The Labute approximate surface area is 93.3 Å². The number of ether oxygens (including phenoxy) is 1. The molecule has 84 valence electrons. The fraction of sp³-hybridized carbons (Fsp3) is 0.273. The van der Waals surface area contributed by atoms with Gasteiger partial charge in [-0.2, -0.15) is 0 Å². The van der Waals surface area contributed by atoms with E-state index in [1.165, 1.54) is 0 Å². The molecule has 0 radical (unpaired) electrons. The number of nitrogens with two attached hydrogens (primary N) is 1. The first-order valence-corrected chi connectivity index (χ1v) is 5.07. The van der Waals surface area contributed by atoms with Gasteiger partial charge in [-0.1, -0.05) is 12.1 Å². The normalized spacial score (nSPS) is 19.2. The van der Waals surface area contributed by atoms with Gasteiger partial charge in [0.1, 0.15) is 5.75 Å². The van der Waals surface area contributed by atoms with Crippen molar-refractivity contribution in [2.24, 2.45) is 10.7 Å². The van der Waals surface area contributed by atoms with Crippen LogP contribution in [0.1, 0.15) is 18.5 Å². The molecule has 5 heteroatoms. The highest BCUT2D eigenvalue weighted by Crippen LogP contribution is 2.24. The van der Waals surface area contributed by atoms with Crippen molar-refractivity contribution in [2.45, 2.75) is 13.0 Å². The van der Waals surface area contributed by atoms with Crippen molar-refractivity contribution in [3.05, 3.63) is 29.8 Å². The lowest BCUT2D eigenvalue weighted by Gasteiger charge is -2.08. The molecule has 2 rings (SSSR count). The Balaban J connectivity index is 2.26. The van der Waals surface area contributed by atoms with E-state index in [1.807, 2.05) is 25.1 Å². The number of guanidine groups is 1. The third-order valence-corrected chi connectivity index (χ3v) is 2.25. The fourth-order valence-electron chi connectivity index (χ4n) is 1.59. The second kappa shape index (κ2) is 4.22. The lowest BCUT2D eigenvalue weighted by atomic mass is 10.1. The minimum Gasteiger partial charge on any atom is -0.494 e. The number of rotatable bonds is 3. The molecule has 0 saturated heterocycles. The Hall–Kier alpha value is -2.04. The molecule has 5 nitrogen and oxygen atoms in total. The third kappa shape index (κ3) is 1.98. The summed E-state index contributed by atoms with van der Waals surface area (Å²) in [5.74, 6) is 0.691. The summed E-state index contributed by atoms with van der Waals surface area (Å²) in [6, 6.07) is 6.75. The van der Waals surface area contributed by atoms with Gasteiger partial charge in [-0.05, 0) is 24.6 Å². The lowest BCUT2D eigenvalue weighted by molar-refractivity contribution is -0.120. The van der Waals surface area contributed by atoms with Gasteiger partial charge < -0.3 is 10.5 Å². The SMILES string of the molecule is CCOc1cccc(C2N=C(N)NC2=O)c1. The first-order chi connectivity index (χ1) is 7.70. The van der Waals surface area contributed by atoms with Gasteiger partial charge in [0.2, 0.25) is 0 Å². The van der Waals surface area contributed by atoms with Crippen molar-refractivity contribution in [1.82, 2.24) is 5.32 Å². The maximum Gasteiger partial charge on any atom is 0.256 e. The highest BCUT2D eigenvalue weighted by atomic mass is 16.5. The zero-order chi connectivity index (χ0) is 11.5. The predicted octanol–water partition coefficient (Wildman–Crippen LogP) is 0.571. The molecule has 1 aromatic rings. The van der Waals surface area contributed by atoms with E-state index in [9.17, 15) is 4.79 Å². The minimum absolute atomic E-state index is 0.164. The quantitative estimate of drug-likeness (QED) is 0.780. The summed E-state index contributed by atoms with van der Waals surface area (Å²) in [4.78, 5) is 15.5. The number of nitrogens with zero attached hydrogens (tertiary/aromatic N) is 1. The molecule has 1 aromatic carbocycles. The van der Waals surface area contributed by atoms with Crippen molar-refractivity contribution in [3.63, 3.8) is 0 Å². The summed E-state index contributed by atoms with van der Waals surface area (Å²) < 4.78 is 5.36. The Bertz CT molecular complexity index is 443. The maximum absolute atomic E-state index is 11.5. The molecule has 0 fully saturated rings. The molecule has 0 aliphatic carbocycles. The van der Waals surface area contributed by atoms with E-state index in [0.29, 0.717) is 6.61 Å². The van der Waals surface area contributed by atoms with E-state index in [4.69, 9.17) is 10.5 Å². The van der Waals surface area contributed by atoms with Gasteiger partial charge in [-0.15, -0.1) is 0 Å². The van der Waals surface area contributed by atoms with E-state index in [-0.39, 0.29) is 11.9 Å². The molecule has 0 aromatic heterocycles. The van der Waals surface area contributed by atoms with Crippen LogP contribution in [-0.2, 0) is 4.79 Å². The molecule has 1 unspecified atom stereocenters. The number of hydrogen-bond donors (Lipinski definition) is 2. The smallest absolute Gasteiger partial charge is 0.256 e. The van der Waals surface area contributed by atoms with Gasteiger partial charge in [0.15, 0.2) is 12.0 Å². The zero-order valence-electron chi connectivity index (χ0n) is 8.93. The maximum atomic E-state index is 11.5. The molecule has 16 heavy (non-hydrogen) atoms. The van der Waals surface area contributed by atoms with Gasteiger partial charge in [0, 0.05) is 0 Å². The summed E-state index contributed by atoms with van der Waals surface area (Å²) in [7, 11) is 0. The Morgan fingerprint density at radius 1 is 1.56 bits per heavy atom. The number of hydrogen-bond acceptors (Lipinski definition) is 4. The van der Waals surface area contributed by atoms with E-state index in [0.717, 1.165) is 11.3 Å². The lowest BCUT2D eigenvalue weighted by Crippen LogP contribution is -2.31. The van der Waals surface area contributed by atoms with E-state index < -0.39 is 6.04 Å². The zero-order valence-corrected chi connectivity index (χ0v) is 8.93. The van der Waals surface area contributed by atoms with Gasteiger partial charge >= 0.3 is 0 Å². The topological polar surface area (TPSA) is 76.7 Å². The third-order valence-electron chi connectivity index (χ3n) is 2.25. The Morgan fingerprint density at radius 3 is 3.00 bits per heavy atom. The second-order valence-electron chi connectivity index (χ2n) is 3.41. The fourth-order valence-corrected chi connectivity index (χ4v) is 1.59. The number of benzene rings is 1. The molecule has 1 amide bonds. The van der Waals surface area contributed by atoms with Crippen molar-refractivity contribution in [3.8, 4) is 5.75 Å². The molecule has 1 aliphatic rings. The van der Waals surface area contributed by atoms with E-state index in [1.54, 1.807) is 6.07 Å². The molecule has 1 heterocycles. The highest BCUT2D eigenvalue weighted by Gasteiger charge is 2.26. The summed E-state index contributed by atoms with van der Waals surface area (Å²) >= 11 is 0. The molecule has 3 N–H and O–H groups in total. The molecule has 1 aliphatic heterocycles. The average molecular weight is 219 g/mol. The molecule has 1 atom stereocenters. The summed E-state index contributed by atoms with van der Waals surface area (Å²) in [6.07, 6.45) is 0. The summed E-state index contributed by atoms with van der Waals surface area (Å²) in [6.45, 7) is 2.50. The van der Waals surface area contributed by atoms with Crippen LogP contribution in [0.2, 0.25) is 0 Å². The molecule has 0 bridgehead atoms. The molecule has 0 saturated carbocycles. The van der Waals surface area contributed by atoms with Crippen LogP contribution >= 0.6 is 0 Å². The number of carbonyl (C=O) groups is 1. The summed E-state index contributed by atoms with van der Waals surface area (Å²) in [5, 5.41) is 2.46. The van der Waals surface area contributed by atoms with Crippen LogP contribution in [0.4, 0.5) is 0 Å². The minimum atomic E-state index is -0.555. The van der Waals surface area contributed by atoms with Crippen LogP contribution in [0, 0.1) is 0 Å². The van der Waals surface area contributed by atoms with Gasteiger partial charge in [-0.3, -0.25) is 10.1 Å². The molecule has 0 spiro atoms. The van der Waals surface area contributed by atoms with E-state index >= 15 is 0 Å². The number of nitrogens with one attached hydrogen (secondary N) is 1. The van der Waals surface area contributed by atoms with Crippen LogP contribution in [0.5, 0.6) is 5.75 Å². The van der Waals surface area contributed by atoms with Gasteiger partial charge in [0.25, 0.3) is 5.91 Å². The molecular formula is C11H13N3O2. The van der Waals surface area contributed by atoms with Gasteiger partial charge in [-0.25, -0.2) is 4.99 Å². The first-order valence-electron chi connectivity index (χ1n) is 5.07. The van der Waals surface area contributed by atoms with Gasteiger partial charge in [0.05, 0.1) is 6.61 Å². The number of amides is 1. The predicted molar refractivity (Wildman–Crippen MR) is 60.1 cm³/mol. The van der Waals surface area contributed by atoms with Crippen molar-refractivity contribution in [1.29, 1.82) is 0 Å². The Morgan fingerprint density at radius 2 is 2.38 bits per heavy atom. The van der Waals surface area contributed by atoms with Crippen LogP contribution in [-0.4, -0.2) is 18.5 Å². The van der Waals surface area contributed by atoms with Crippen molar-refractivity contribution < 1.29 is 9.53 Å². The van der Waals surface area contributed by atoms with Crippen LogP contribution in [0.3, 0.4) is 0 Å². The molecular weight excluding hydrogens is 206 g/mol. The van der Waals surface area contributed by atoms with Crippen LogP contribution < -0.4 is 15.8 Å². The number of aliphatic imine (C=N–C) groups is 1. The standard InChI is InChI=1S/C11H13N3O2/c1-2-16-8-5-3-4-7(6-8)9-10(15)14-11(12)13-9/h3-6,9H,2H2,1H3,(H3,12,13,14,15). The van der Waals surface area contributed by atoms with E-state index in [2.05, 4.69) is 10.3 Å². The van der Waals surface area contributed by atoms with Crippen molar-refractivity contribution >= 4 is 11.9 Å². The van der Waals surface area contributed by atoms with Crippen LogP contribution in [0.15, 0.2) is 29.3 Å². The summed E-state index contributed by atoms with van der Waals surface area (Å²) in [5.41, 5.74) is 6.22.